The third kappa shape index (κ3) is 4.01. The van der Waals surface area contributed by atoms with Gasteiger partial charge in [-0.25, -0.2) is 9.97 Å². The molecule has 164 valence electrons. The number of aromatic amines is 1. The lowest BCUT2D eigenvalue weighted by Crippen LogP contribution is -2.54. The lowest BCUT2D eigenvalue weighted by Gasteiger charge is -2.40. The Morgan fingerprint density at radius 1 is 1.25 bits per heavy atom. The van der Waals surface area contributed by atoms with Crippen LogP contribution in [0, 0.1) is 18.3 Å². The van der Waals surface area contributed by atoms with E-state index in [-0.39, 0.29) is 10.9 Å². The Labute approximate surface area is 185 Å². The zero-order chi connectivity index (χ0) is 22.5. The molecule has 1 fully saturated rings. The van der Waals surface area contributed by atoms with Crippen molar-refractivity contribution >= 4 is 38.3 Å². The van der Waals surface area contributed by atoms with E-state index in [9.17, 15) is 13.2 Å². The Morgan fingerprint density at radius 2 is 2.06 bits per heavy atom. The molecule has 6 nitrogen and oxygen atoms in total. The van der Waals surface area contributed by atoms with Gasteiger partial charge in [0.15, 0.2) is 0 Å². The number of thiophene rings is 1. The number of rotatable bonds is 5. The maximum Gasteiger partial charge on any atom is 0.393 e. The van der Waals surface area contributed by atoms with Crippen molar-refractivity contribution < 1.29 is 13.2 Å². The Hall–Kier alpha value is -3.16. The molecule has 1 aromatic carbocycles. The fraction of sp³-hybridized carbons (Fsp3) is 0.318. The first-order valence-corrected chi connectivity index (χ1v) is 10.9. The molecule has 0 bridgehead atoms. The first-order chi connectivity index (χ1) is 15.3. The largest absolute Gasteiger partial charge is 0.393 e. The van der Waals surface area contributed by atoms with E-state index < -0.39 is 12.6 Å². The molecule has 1 aliphatic heterocycles. The number of hydrogen-bond donors (Lipinski definition) is 2. The van der Waals surface area contributed by atoms with Crippen LogP contribution in [0.3, 0.4) is 0 Å². The van der Waals surface area contributed by atoms with Gasteiger partial charge in [-0.1, -0.05) is 6.07 Å². The van der Waals surface area contributed by atoms with Crippen LogP contribution in [0.15, 0.2) is 30.6 Å². The van der Waals surface area contributed by atoms with Crippen molar-refractivity contribution in [3.63, 3.8) is 0 Å². The zero-order valence-electron chi connectivity index (χ0n) is 17.1. The minimum atomic E-state index is -4.24. The molecule has 10 heteroatoms. The molecule has 5 rings (SSSR count). The molecular weight excluding hydrogens is 437 g/mol. The molecule has 0 spiro atoms. The normalized spacial score (nSPS) is 15.2. The standard InChI is InChI=1S/C22H19F3N6S/c1-12-13(2-3-19-17(12)4-14(7-26)29-19)8-31-9-15(10-31)30-20-18-5-16(6-22(23,24)25)32-21(18)28-11-27-20/h2-5,11,15,29H,6,8-10H2,1H3,(H,27,28,30). The Morgan fingerprint density at radius 3 is 2.81 bits per heavy atom. The first-order valence-electron chi connectivity index (χ1n) is 10.1. The van der Waals surface area contributed by atoms with Gasteiger partial charge >= 0.3 is 6.18 Å². The first kappa shape index (κ1) is 20.7. The van der Waals surface area contributed by atoms with Gasteiger partial charge in [0.05, 0.1) is 17.8 Å². The van der Waals surface area contributed by atoms with Crippen LogP contribution in [0.2, 0.25) is 0 Å². The van der Waals surface area contributed by atoms with E-state index in [4.69, 9.17) is 5.26 Å². The lowest BCUT2D eigenvalue weighted by atomic mass is 10.0. The lowest BCUT2D eigenvalue weighted by molar-refractivity contribution is -0.126. The number of H-pyrrole nitrogens is 1. The molecule has 0 amide bonds. The van der Waals surface area contributed by atoms with Crippen molar-refractivity contribution in [1.82, 2.24) is 19.9 Å². The van der Waals surface area contributed by atoms with E-state index >= 15 is 0 Å². The maximum absolute atomic E-state index is 12.7. The smallest absolute Gasteiger partial charge is 0.364 e. The molecule has 0 saturated carbocycles. The Bertz CT molecular complexity index is 1340. The number of benzene rings is 1. The number of nitriles is 1. The van der Waals surface area contributed by atoms with Crippen molar-refractivity contribution in [2.45, 2.75) is 32.1 Å². The quantitative estimate of drug-likeness (QED) is 0.453. The van der Waals surface area contributed by atoms with Crippen molar-refractivity contribution in [2.75, 3.05) is 18.4 Å². The summed E-state index contributed by atoms with van der Waals surface area (Å²) in [6, 6.07) is 9.81. The number of anilines is 1. The van der Waals surface area contributed by atoms with Crippen LogP contribution in [-0.2, 0) is 13.0 Å². The molecule has 4 heterocycles. The number of aromatic nitrogens is 3. The van der Waals surface area contributed by atoms with E-state index in [1.165, 1.54) is 18.0 Å². The summed E-state index contributed by atoms with van der Waals surface area (Å²) < 4.78 is 38.2. The van der Waals surface area contributed by atoms with Crippen LogP contribution in [0.4, 0.5) is 19.0 Å². The Kier molecular flexibility index (Phi) is 5.03. The van der Waals surface area contributed by atoms with Gasteiger partial charge in [-0.05, 0) is 36.2 Å². The molecule has 0 aliphatic carbocycles. The highest BCUT2D eigenvalue weighted by molar-refractivity contribution is 7.18. The van der Waals surface area contributed by atoms with Gasteiger partial charge in [0, 0.05) is 35.4 Å². The highest BCUT2D eigenvalue weighted by Crippen LogP contribution is 2.33. The molecule has 1 aliphatic rings. The van der Waals surface area contributed by atoms with Crippen LogP contribution < -0.4 is 5.32 Å². The number of aryl methyl sites for hydroxylation is 1. The highest BCUT2D eigenvalue weighted by atomic mass is 32.1. The third-order valence-electron chi connectivity index (χ3n) is 5.75. The molecule has 1 saturated heterocycles. The van der Waals surface area contributed by atoms with Gasteiger partial charge in [-0.2, -0.15) is 18.4 Å². The van der Waals surface area contributed by atoms with Gasteiger partial charge in [-0.3, -0.25) is 4.90 Å². The number of fused-ring (bicyclic) bond motifs is 2. The summed E-state index contributed by atoms with van der Waals surface area (Å²) in [6.45, 7) is 4.47. The summed E-state index contributed by atoms with van der Waals surface area (Å²) in [6.07, 6.45) is -3.81. The monoisotopic (exact) mass is 456 g/mol. The minimum Gasteiger partial charge on any atom is -0.364 e. The van der Waals surface area contributed by atoms with Crippen molar-refractivity contribution in [3.8, 4) is 6.07 Å². The predicted molar refractivity (Wildman–Crippen MR) is 118 cm³/mol. The maximum atomic E-state index is 12.7. The summed E-state index contributed by atoms with van der Waals surface area (Å²) in [5.74, 6) is 0.582. The number of nitrogens with one attached hydrogen (secondary N) is 2. The number of halogens is 3. The molecule has 2 N–H and O–H groups in total. The fourth-order valence-electron chi connectivity index (χ4n) is 4.16. The number of likely N-dealkylation sites (tertiary alicyclic amines) is 1. The fourth-order valence-corrected chi connectivity index (χ4v) is 5.18. The Balaban J connectivity index is 1.25. The molecule has 32 heavy (non-hydrogen) atoms. The van der Waals surface area contributed by atoms with Crippen LogP contribution in [0.5, 0.6) is 0 Å². The molecule has 0 unspecified atom stereocenters. The average Bonchev–Trinajstić information content (AvgIpc) is 3.30. The summed E-state index contributed by atoms with van der Waals surface area (Å²) in [7, 11) is 0. The molecule has 0 radical (unpaired) electrons. The third-order valence-corrected chi connectivity index (χ3v) is 6.80. The highest BCUT2D eigenvalue weighted by Gasteiger charge is 2.30. The number of alkyl halides is 3. The summed E-state index contributed by atoms with van der Waals surface area (Å²) in [5.41, 5.74) is 3.87. The van der Waals surface area contributed by atoms with Gasteiger partial charge in [0.25, 0.3) is 0 Å². The number of nitrogens with zero attached hydrogens (tertiary/aromatic N) is 4. The molecule has 3 aromatic heterocycles. The van der Waals surface area contributed by atoms with Crippen molar-refractivity contribution in [1.29, 1.82) is 5.26 Å². The number of hydrogen-bond acceptors (Lipinski definition) is 6. The molecule has 0 atom stereocenters. The van der Waals surface area contributed by atoms with Crippen molar-refractivity contribution in [3.05, 3.63) is 52.3 Å². The second-order valence-corrected chi connectivity index (χ2v) is 9.20. The average molecular weight is 456 g/mol. The topological polar surface area (TPSA) is 80.6 Å². The SMILES string of the molecule is Cc1c(CN2CC(Nc3ncnc4sc(CC(F)(F)F)cc34)C2)ccc2[nH]c(C#N)cc12. The van der Waals surface area contributed by atoms with Crippen LogP contribution in [0.1, 0.15) is 21.7 Å². The molecular formula is C22H19F3N6S. The van der Waals surface area contributed by atoms with Crippen LogP contribution in [0.25, 0.3) is 21.1 Å². The minimum absolute atomic E-state index is 0.167. The van der Waals surface area contributed by atoms with E-state index in [1.54, 1.807) is 0 Å². The second kappa shape index (κ2) is 7.76. The zero-order valence-corrected chi connectivity index (χ0v) is 17.9. The van der Waals surface area contributed by atoms with Gasteiger partial charge in [0.2, 0.25) is 0 Å². The summed E-state index contributed by atoms with van der Waals surface area (Å²) in [4.78, 5) is 14.6. The van der Waals surface area contributed by atoms with Gasteiger partial charge in [0.1, 0.15) is 28.7 Å². The van der Waals surface area contributed by atoms with E-state index in [1.807, 2.05) is 12.1 Å². The molecule has 4 aromatic rings. The van der Waals surface area contributed by atoms with Crippen LogP contribution >= 0.6 is 11.3 Å². The van der Waals surface area contributed by atoms with Gasteiger partial charge < -0.3 is 10.3 Å². The van der Waals surface area contributed by atoms with Crippen LogP contribution in [-0.4, -0.2) is 45.2 Å². The summed E-state index contributed by atoms with van der Waals surface area (Å²) >= 11 is 1.05. The predicted octanol–water partition coefficient (Wildman–Crippen LogP) is 4.75. The van der Waals surface area contributed by atoms with E-state index in [0.717, 1.165) is 47.4 Å². The van der Waals surface area contributed by atoms with Gasteiger partial charge in [-0.15, -0.1) is 11.3 Å². The van der Waals surface area contributed by atoms with E-state index in [0.29, 0.717) is 21.7 Å². The van der Waals surface area contributed by atoms with E-state index in [2.05, 4.69) is 44.2 Å². The second-order valence-electron chi connectivity index (χ2n) is 8.09. The van der Waals surface area contributed by atoms with Crippen molar-refractivity contribution in [2.24, 2.45) is 0 Å². The summed E-state index contributed by atoms with van der Waals surface area (Å²) in [5, 5.41) is 14.2.